The molecule has 1 heterocycles. The van der Waals surface area contributed by atoms with E-state index < -0.39 is 6.36 Å². The van der Waals surface area contributed by atoms with E-state index >= 15 is 0 Å². The second kappa shape index (κ2) is 6.65. The van der Waals surface area contributed by atoms with Gasteiger partial charge in [-0.3, -0.25) is 4.90 Å². The topological polar surface area (TPSA) is 103 Å². The monoisotopic (exact) mass is 328 g/mol. The molecule has 0 bridgehead atoms. The summed E-state index contributed by atoms with van der Waals surface area (Å²) in [5.74, 6) is 0.0525. The van der Waals surface area contributed by atoms with Gasteiger partial charge in [0.05, 0.1) is 6.54 Å². The number of benzene rings is 1. The Kier molecular flexibility index (Phi) is 4.84. The quantitative estimate of drug-likeness (QED) is 0.858. The van der Waals surface area contributed by atoms with Crippen LogP contribution in [0.2, 0.25) is 0 Å². The summed E-state index contributed by atoms with van der Waals surface area (Å²) in [6, 6.07) is 5.91. The van der Waals surface area contributed by atoms with Crippen LogP contribution in [0.4, 0.5) is 25.1 Å². The van der Waals surface area contributed by atoms with E-state index in [4.69, 9.17) is 11.5 Å². The molecule has 4 N–H and O–H groups in total. The third-order valence-electron chi connectivity index (χ3n) is 2.77. The molecular formula is C13H15F3N6O. The predicted octanol–water partition coefficient (Wildman–Crippen LogP) is 1.57. The van der Waals surface area contributed by atoms with Crippen LogP contribution >= 0.6 is 0 Å². The highest BCUT2D eigenvalue weighted by molar-refractivity contribution is 5.33. The molecule has 0 saturated carbocycles. The molecule has 124 valence electrons. The Labute approximate surface area is 130 Å². The highest BCUT2D eigenvalue weighted by atomic mass is 19.4. The summed E-state index contributed by atoms with van der Waals surface area (Å²) < 4.78 is 41.2. The number of rotatable bonds is 5. The summed E-state index contributed by atoms with van der Waals surface area (Å²) in [6.45, 7) is 0.426. The van der Waals surface area contributed by atoms with Crippen molar-refractivity contribution in [1.29, 1.82) is 0 Å². The molecule has 0 atom stereocenters. The first-order valence-electron chi connectivity index (χ1n) is 6.51. The lowest BCUT2D eigenvalue weighted by Crippen LogP contribution is -2.22. The van der Waals surface area contributed by atoms with Gasteiger partial charge >= 0.3 is 6.36 Å². The molecule has 0 radical (unpaired) electrons. The number of anilines is 2. The first kappa shape index (κ1) is 16.7. The van der Waals surface area contributed by atoms with Gasteiger partial charge in [-0.1, -0.05) is 18.2 Å². The summed E-state index contributed by atoms with van der Waals surface area (Å²) in [4.78, 5) is 13.2. The van der Waals surface area contributed by atoms with Crippen molar-refractivity contribution in [3.63, 3.8) is 0 Å². The van der Waals surface area contributed by atoms with Crippen molar-refractivity contribution in [2.75, 3.05) is 18.5 Å². The number of nitrogens with two attached hydrogens (primary N) is 2. The summed E-state index contributed by atoms with van der Waals surface area (Å²) in [6.07, 6.45) is -4.74. The molecule has 0 amide bonds. The van der Waals surface area contributed by atoms with E-state index in [1.165, 1.54) is 12.1 Å². The van der Waals surface area contributed by atoms with Crippen LogP contribution in [0.25, 0.3) is 0 Å². The average molecular weight is 328 g/mol. The van der Waals surface area contributed by atoms with E-state index in [-0.39, 0.29) is 30.7 Å². The van der Waals surface area contributed by atoms with Crippen LogP contribution in [-0.2, 0) is 13.1 Å². The number of para-hydroxylation sites is 1. The molecule has 1 aromatic carbocycles. The zero-order valence-corrected chi connectivity index (χ0v) is 12.2. The van der Waals surface area contributed by atoms with Crippen LogP contribution in [0.1, 0.15) is 11.4 Å². The van der Waals surface area contributed by atoms with Gasteiger partial charge in [0.15, 0.2) is 0 Å². The number of hydrogen-bond acceptors (Lipinski definition) is 7. The van der Waals surface area contributed by atoms with Crippen molar-refractivity contribution in [1.82, 2.24) is 19.9 Å². The van der Waals surface area contributed by atoms with Gasteiger partial charge in [-0.2, -0.15) is 15.0 Å². The molecule has 0 fully saturated rings. The number of alkyl halides is 3. The minimum absolute atomic E-state index is 0.0123. The normalized spacial score (nSPS) is 11.7. The van der Waals surface area contributed by atoms with Crippen LogP contribution < -0.4 is 16.2 Å². The molecule has 0 unspecified atom stereocenters. The van der Waals surface area contributed by atoms with E-state index in [2.05, 4.69) is 19.7 Å². The third-order valence-corrected chi connectivity index (χ3v) is 2.77. The van der Waals surface area contributed by atoms with Crippen molar-refractivity contribution in [3.05, 3.63) is 35.7 Å². The number of halogens is 3. The number of nitrogen functional groups attached to an aromatic ring is 2. The molecule has 0 aliphatic heterocycles. The standard InChI is InChI=1S/C13H15F3N6O/c1-22(7-10-19-11(17)21-12(18)20-10)6-8-4-2-3-5-9(8)23-13(14,15)16/h2-5H,6-7H2,1H3,(H4,17,18,19,20,21). The lowest BCUT2D eigenvalue weighted by Gasteiger charge is -2.19. The Bertz CT molecular complexity index is 659. The van der Waals surface area contributed by atoms with Crippen molar-refractivity contribution in [2.45, 2.75) is 19.5 Å². The molecule has 0 saturated heterocycles. The number of aromatic nitrogens is 3. The lowest BCUT2D eigenvalue weighted by molar-refractivity contribution is -0.275. The SMILES string of the molecule is CN(Cc1nc(N)nc(N)n1)Cc1ccccc1OC(F)(F)F. The van der Waals surface area contributed by atoms with Gasteiger partial charge in [0, 0.05) is 12.1 Å². The molecule has 10 heteroatoms. The molecule has 1 aromatic heterocycles. The highest BCUT2D eigenvalue weighted by Gasteiger charge is 2.32. The zero-order chi connectivity index (χ0) is 17.0. The Hall–Kier alpha value is -2.62. The van der Waals surface area contributed by atoms with Crippen molar-refractivity contribution < 1.29 is 17.9 Å². The predicted molar refractivity (Wildman–Crippen MR) is 76.9 cm³/mol. The first-order chi connectivity index (χ1) is 10.7. The van der Waals surface area contributed by atoms with E-state index in [9.17, 15) is 13.2 Å². The molecule has 2 aromatic rings. The highest BCUT2D eigenvalue weighted by Crippen LogP contribution is 2.27. The second-order valence-electron chi connectivity index (χ2n) is 4.80. The summed E-state index contributed by atoms with van der Waals surface area (Å²) in [5, 5.41) is 0. The Balaban J connectivity index is 2.09. The Morgan fingerprint density at radius 1 is 1.04 bits per heavy atom. The number of hydrogen-bond donors (Lipinski definition) is 2. The maximum absolute atomic E-state index is 12.4. The molecule has 7 nitrogen and oxygen atoms in total. The molecule has 0 aliphatic rings. The van der Waals surface area contributed by atoms with Gasteiger partial charge in [-0.25, -0.2) is 0 Å². The van der Waals surface area contributed by atoms with Gasteiger partial charge in [-0.15, -0.1) is 13.2 Å². The van der Waals surface area contributed by atoms with Crippen LogP contribution in [-0.4, -0.2) is 33.3 Å². The number of ether oxygens (including phenoxy) is 1. The molecule has 0 spiro atoms. The van der Waals surface area contributed by atoms with Crippen LogP contribution in [0, 0.1) is 0 Å². The summed E-state index contributed by atoms with van der Waals surface area (Å²) in [5.41, 5.74) is 11.3. The second-order valence-corrected chi connectivity index (χ2v) is 4.80. The molecule has 2 rings (SSSR count). The molecular weight excluding hydrogens is 313 g/mol. The largest absolute Gasteiger partial charge is 0.573 e. The van der Waals surface area contributed by atoms with Crippen LogP contribution in [0.3, 0.4) is 0 Å². The van der Waals surface area contributed by atoms with Gasteiger partial charge in [0.2, 0.25) is 11.9 Å². The van der Waals surface area contributed by atoms with E-state index in [0.717, 1.165) is 0 Å². The van der Waals surface area contributed by atoms with E-state index in [0.29, 0.717) is 11.4 Å². The maximum atomic E-state index is 12.4. The summed E-state index contributed by atoms with van der Waals surface area (Å²) in [7, 11) is 1.69. The van der Waals surface area contributed by atoms with Gasteiger partial charge in [0.25, 0.3) is 0 Å². The smallest absolute Gasteiger partial charge is 0.405 e. The summed E-state index contributed by atoms with van der Waals surface area (Å²) >= 11 is 0. The van der Waals surface area contributed by atoms with E-state index in [1.807, 2.05) is 0 Å². The van der Waals surface area contributed by atoms with Gasteiger partial charge < -0.3 is 16.2 Å². The third kappa shape index (κ3) is 5.25. The fraction of sp³-hybridized carbons (Fsp3) is 0.308. The van der Waals surface area contributed by atoms with Crippen LogP contribution in [0.15, 0.2) is 24.3 Å². The molecule has 23 heavy (non-hydrogen) atoms. The van der Waals surface area contributed by atoms with Gasteiger partial charge in [0.1, 0.15) is 11.6 Å². The van der Waals surface area contributed by atoms with Gasteiger partial charge in [-0.05, 0) is 13.1 Å². The fourth-order valence-electron chi connectivity index (χ4n) is 1.97. The first-order valence-corrected chi connectivity index (χ1v) is 6.51. The van der Waals surface area contributed by atoms with E-state index in [1.54, 1.807) is 24.1 Å². The van der Waals surface area contributed by atoms with Crippen molar-refractivity contribution in [2.24, 2.45) is 0 Å². The minimum Gasteiger partial charge on any atom is -0.405 e. The Morgan fingerprint density at radius 3 is 2.26 bits per heavy atom. The number of nitrogens with zero attached hydrogens (tertiary/aromatic N) is 4. The Morgan fingerprint density at radius 2 is 1.65 bits per heavy atom. The maximum Gasteiger partial charge on any atom is 0.573 e. The minimum atomic E-state index is -4.74. The average Bonchev–Trinajstić information content (AvgIpc) is 2.38. The van der Waals surface area contributed by atoms with Crippen molar-refractivity contribution in [3.8, 4) is 5.75 Å². The molecule has 0 aliphatic carbocycles. The fourth-order valence-corrected chi connectivity index (χ4v) is 1.97. The van der Waals surface area contributed by atoms with Crippen molar-refractivity contribution >= 4 is 11.9 Å². The lowest BCUT2D eigenvalue weighted by atomic mass is 10.2. The zero-order valence-electron chi connectivity index (χ0n) is 12.2. The van der Waals surface area contributed by atoms with Crippen LogP contribution in [0.5, 0.6) is 5.75 Å².